The van der Waals surface area contributed by atoms with E-state index in [4.69, 9.17) is 0 Å². The number of benzene rings is 1. The first kappa shape index (κ1) is 15.9. The third-order valence-corrected chi connectivity index (χ3v) is 3.85. The van der Waals surface area contributed by atoms with Crippen LogP contribution in [-0.4, -0.2) is 35.8 Å². The Labute approximate surface area is 138 Å². The molecule has 2 heterocycles. The fourth-order valence-corrected chi connectivity index (χ4v) is 2.75. The van der Waals surface area contributed by atoms with Gasteiger partial charge in [0.15, 0.2) is 11.5 Å². The maximum Gasteiger partial charge on any atom is 0.256 e. The smallest absolute Gasteiger partial charge is 0.256 e. The number of carbonyl (C=O) groups is 1. The van der Waals surface area contributed by atoms with E-state index in [1.807, 2.05) is 19.1 Å². The summed E-state index contributed by atoms with van der Waals surface area (Å²) in [5.74, 6) is 0.0377. The highest BCUT2D eigenvalue weighted by atomic mass is 32.2. The first-order valence-corrected chi connectivity index (χ1v) is 8.92. The third kappa shape index (κ3) is 3.51. The Kier molecular flexibility index (Phi) is 3.94. The summed E-state index contributed by atoms with van der Waals surface area (Å²) >= 11 is 0. The molecule has 24 heavy (non-hydrogen) atoms. The second kappa shape index (κ2) is 5.93. The number of sulfonamides is 1. The van der Waals surface area contributed by atoms with Gasteiger partial charge in [-0.2, -0.15) is 5.10 Å². The van der Waals surface area contributed by atoms with Crippen LogP contribution < -0.4 is 10.0 Å². The van der Waals surface area contributed by atoms with Crippen molar-refractivity contribution >= 4 is 38.5 Å². The molecule has 8 nitrogen and oxygen atoms in total. The summed E-state index contributed by atoms with van der Waals surface area (Å²) in [4.78, 5) is 16.6. The second-order valence-corrected chi connectivity index (χ2v) is 7.08. The molecule has 0 aliphatic heterocycles. The number of pyridine rings is 1. The van der Waals surface area contributed by atoms with Gasteiger partial charge in [0.1, 0.15) is 0 Å². The lowest BCUT2D eigenvalue weighted by molar-refractivity contribution is 0.102. The summed E-state index contributed by atoms with van der Waals surface area (Å²) in [6.07, 6.45) is 1.06. The Morgan fingerprint density at radius 2 is 1.83 bits per heavy atom. The van der Waals surface area contributed by atoms with Gasteiger partial charge >= 0.3 is 0 Å². The molecule has 3 N–H and O–H groups in total. The predicted octanol–water partition coefficient (Wildman–Crippen LogP) is 1.89. The summed E-state index contributed by atoms with van der Waals surface area (Å²) in [6.45, 7) is 1.87. The second-order valence-electron chi connectivity index (χ2n) is 5.33. The Morgan fingerprint density at radius 1 is 1.12 bits per heavy atom. The van der Waals surface area contributed by atoms with Gasteiger partial charge in [-0.3, -0.25) is 14.6 Å². The number of carbonyl (C=O) groups excluding carboxylic acids is 1. The number of amides is 1. The number of hydrogen-bond acceptors (Lipinski definition) is 5. The van der Waals surface area contributed by atoms with Crippen LogP contribution in [-0.2, 0) is 10.0 Å². The number of anilines is 2. The highest BCUT2D eigenvalue weighted by molar-refractivity contribution is 7.92. The molecule has 0 atom stereocenters. The molecule has 0 saturated heterocycles. The molecule has 0 spiro atoms. The van der Waals surface area contributed by atoms with Crippen LogP contribution >= 0.6 is 0 Å². The molecule has 1 aromatic carbocycles. The van der Waals surface area contributed by atoms with Gasteiger partial charge in [-0.1, -0.05) is 0 Å². The van der Waals surface area contributed by atoms with Crippen molar-refractivity contribution in [2.24, 2.45) is 0 Å². The largest absolute Gasteiger partial charge is 0.305 e. The standard InChI is InChI=1S/C15H15N5O3S/c1-9-3-8-12-13(16-9)18-19-14(12)17-15(21)10-4-6-11(7-5-10)20-24(2,22)23/h3-8,20H,1-2H3,(H2,16,17,18,19,21). The van der Waals surface area contributed by atoms with E-state index in [0.717, 1.165) is 11.9 Å². The Hall–Kier alpha value is -2.94. The topological polar surface area (TPSA) is 117 Å². The van der Waals surface area contributed by atoms with Crippen LogP contribution in [0, 0.1) is 6.92 Å². The molecule has 9 heteroatoms. The molecular formula is C15H15N5O3S. The number of aromatic amines is 1. The molecule has 3 rings (SSSR count). The van der Waals surface area contributed by atoms with Crippen molar-refractivity contribution in [3.05, 3.63) is 47.7 Å². The van der Waals surface area contributed by atoms with Crippen LogP contribution in [0.1, 0.15) is 16.1 Å². The van der Waals surface area contributed by atoms with Gasteiger partial charge in [-0.25, -0.2) is 13.4 Å². The quantitative estimate of drug-likeness (QED) is 0.667. The van der Waals surface area contributed by atoms with E-state index in [-0.39, 0.29) is 5.91 Å². The molecule has 1 amide bonds. The molecule has 2 aromatic heterocycles. The maximum atomic E-state index is 12.3. The molecule has 0 unspecified atom stereocenters. The minimum absolute atomic E-state index is 0.352. The highest BCUT2D eigenvalue weighted by Crippen LogP contribution is 2.20. The predicted molar refractivity (Wildman–Crippen MR) is 91.5 cm³/mol. The van der Waals surface area contributed by atoms with Gasteiger partial charge in [-0.05, 0) is 43.3 Å². The zero-order chi connectivity index (χ0) is 17.3. The molecule has 0 bridgehead atoms. The lowest BCUT2D eigenvalue weighted by Crippen LogP contribution is -2.13. The van der Waals surface area contributed by atoms with Crippen LogP contribution in [0.4, 0.5) is 11.5 Å². The lowest BCUT2D eigenvalue weighted by atomic mass is 10.2. The van der Waals surface area contributed by atoms with Gasteiger partial charge in [0, 0.05) is 16.9 Å². The first-order valence-electron chi connectivity index (χ1n) is 7.03. The first-order chi connectivity index (χ1) is 11.3. The van der Waals surface area contributed by atoms with E-state index in [1.54, 1.807) is 0 Å². The zero-order valence-corrected chi connectivity index (χ0v) is 13.8. The van der Waals surface area contributed by atoms with E-state index in [0.29, 0.717) is 28.1 Å². The van der Waals surface area contributed by atoms with E-state index in [9.17, 15) is 13.2 Å². The fourth-order valence-electron chi connectivity index (χ4n) is 2.18. The fraction of sp³-hybridized carbons (Fsp3) is 0.133. The zero-order valence-electron chi connectivity index (χ0n) is 13.0. The Morgan fingerprint density at radius 3 is 2.50 bits per heavy atom. The average molecular weight is 345 g/mol. The number of rotatable bonds is 4. The molecule has 0 aliphatic rings. The highest BCUT2D eigenvalue weighted by Gasteiger charge is 2.12. The van der Waals surface area contributed by atoms with Gasteiger partial charge in [0.25, 0.3) is 5.91 Å². The molecule has 124 valence electrons. The van der Waals surface area contributed by atoms with Crippen LogP contribution in [0.2, 0.25) is 0 Å². The van der Waals surface area contributed by atoms with Crippen LogP contribution in [0.5, 0.6) is 0 Å². The molecule has 3 aromatic rings. The molecule has 0 saturated carbocycles. The van der Waals surface area contributed by atoms with Crippen molar-refractivity contribution in [3.8, 4) is 0 Å². The summed E-state index contributed by atoms with van der Waals surface area (Å²) in [5, 5.41) is 10.2. The van der Waals surface area contributed by atoms with Crippen LogP contribution in [0.25, 0.3) is 11.0 Å². The van der Waals surface area contributed by atoms with Gasteiger partial charge < -0.3 is 5.32 Å². The van der Waals surface area contributed by atoms with Gasteiger partial charge in [-0.15, -0.1) is 0 Å². The number of nitrogens with one attached hydrogen (secondary N) is 3. The van der Waals surface area contributed by atoms with E-state index in [1.165, 1.54) is 24.3 Å². The minimum atomic E-state index is -3.35. The molecule has 0 fully saturated rings. The number of H-pyrrole nitrogens is 1. The molecule has 0 radical (unpaired) electrons. The number of aromatic nitrogens is 3. The van der Waals surface area contributed by atoms with Gasteiger partial charge in [0.05, 0.1) is 11.6 Å². The SMILES string of the molecule is Cc1ccc2c(NC(=O)c3ccc(NS(C)(=O)=O)cc3)n[nH]c2n1. The maximum absolute atomic E-state index is 12.3. The van der Waals surface area contributed by atoms with Crippen molar-refractivity contribution in [2.45, 2.75) is 6.92 Å². The molecule has 0 aliphatic carbocycles. The van der Waals surface area contributed by atoms with E-state index < -0.39 is 10.0 Å². The third-order valence-electron chi connectivity index (χ3n) is 3.25. The van der Waals surface area contributed by atoms with Gasteiger partial charge in [0.2, 0.25) is 10.0 Å². The summed E-state index contributed by atoms with van der Waals surface area (Å²) < 4.78 is 24.7. The van der Waals surface area contributed by atoms with E-state index in [2.05, 4.69) is 25.2 Å². The normalized spacial score (nSPS) is 11.4. The summed E-state index contributed by atoms with van der Waals surface area (Å²) in [5.41, 5.74) is 2.21. The van der Waals surface area contributed by atoms with Crippen LogP contribution in [0.15, 0.2) is 36.4 Å². The summed E-state index contributed by atoms with van der Waals surface area (Å²) in [7, 11) is -3.35. The monoisotopic (exact) mass is 345 g/mol. The number of nitrogens with zero attached hydrogens (tertiary/aromatic N) is 2. The van der Waals surface area contributed by atoms with Crippen molar-refractivity contribution < 1.29 is 13.2 Å². The Bertz CT molecular complexity index is 1010. The molecular weight excluding hydrogens is 330 g/mol. The van der Waals surface area contributed by atoms with Crippen LogP contribution in [0.3, 0.4) is 0 Å². The minimum Gasteiger partial charge on any atom is -0.305 e. The number of fused-ring (bicyclic) bond motifs is 1. The summed E-state index contributed by atoms with van der Waals surface area (Å²) in [6, 6.07) is 9.75. The number of aryl methyl sites for hydroxylation is 1. The Balaban J connectivity index is 1.79. The van der Waals surface area contributed by atoms with Crippen molar-refractivity contribution in [1.29, 1.82) is 0 Å². The van der Waals surface area contributed by atoms with Crippen molar-refractivity contribution in [2.75, 3.05) is 16.3 Å². The number of hydrogen-bond donors (Lipinski definition) is 3. The lowest BCUT2D eigenvalue weighted by Gasteiger charge is -2.06. The van der Waals surface area contributed by atoms with Crippen molar-refractivity contribution in [3.63, 3.8) is 0 Å². The average Bonchev–Trinajstić information content (AvgIpc) is 2.88. The van der Waals surface area contributed by atoms with E-state index >= 15 is 0 Å². The van der Waals surface area contributed by atoms with Crippen molar-refractivity contribution in [1.82, 2.24) is 15.2 Å².